The molecule has 3 aromatic rings. The molecule has 0 radical (unpaired) electrons. The minimum absolute atomic E-state index is 0.00640. The standard InChI is InChI=1S/C34H39NO4/c1-22-14-15-28(36-20-25-12-8-5-9-13-25)32-30(22)34-16-17-35(3)23(2)27(34)19-26-29(18-24-10-6-4-7-11-24)37-21-38-31(26)33(34)39-32/h4-15,23,26-27,29,31,33H,16-21H2,1-3H3/t23?,26-,27?,29?,31?,33+,34?/m1/s1. The van der Waals surface area contributed by atoms with Gasteiger partial charge in [-0.05, 0) is 75.4 Å². The molecule has 39 heavy (non-hydrogen) atoms. The van der Waals surface area contributed by atoms with E-state index in [1.807, 2.05) is 6.07 Å². The van der Waals surface area contributed by atoms with Crippen molar-refractivity contribution in [3.63, 3.8) is 0 Å². The fourth-order valence-electron chi connectivity index (χ4n) is 8.11. The first-order valence-corrected chi connectivity index (χ1v) is 14.5. The van der Waals surface area contributed by atoms with E-state index in [0.29, 0.717) is 25.4 Å². The normalized spacial score (nSPS) is 33.3. The molecule has 204 valence electrons. The second-order valence-corrected chi connectivity index (χ2v) is 12.1. The number of nitrogens with zero attached hydrogens (tertiary/aromatic N) is 1. The van der Waals surface area contributed by atoms with Crippen molar-refractivity contribution < 1.29 is 18.9 Å². The van der Waals surface area contributed by atoms with E-state index in [1.165, 1.54) is 16.7 Å². The number of likely N-dealkylation sites (tertiary alicyclic amines) is 1. The Balaban J connectivity index is 1.27. The van der Waals surface area contributed by atoms with Gasteiger partial charge >= 0.3 is 0 Å². The number of piperidine rings is 1. The highest BCUT2D eigenvalue weighted by Crippen LogP contribution is 2.63. The van der Waals surface area contributed by atoms with E-state index in [2.05, 4.69) is 92.5 Å². The molecule has 1 aliphatic carbocycles. The van der Waals surface area contributed by atoms with Crippen molar-refractivity contribution in [3.05, 3.63) is 95.1 Å². The Hall–Kier alpha value is -2.86. The first kappa shape index (κ1) is 25.1. The van der Waals surface area contributed by atoms with Crippen molar-refractivity contribution >= 4 is 0 Å². The third kappa shape index (κ3) is 4.09. The maximum Gasteiger partial charge on any atom is 0.165 e. The summed E-state index contributed by atoms with van der Waals surface area (Å²) >= 11 is 0. The number of aryl methyl sites for hydroxylation is 1. The average molecular weight is 526 g/mol. The van der Waals surface area contributed by atoms with Gasteiger partial charge in [0, 0.05) is 22.9 Å². The number of benzene rings is 3. The van der Waals surface area contributed by atoms with Crippen molar-refractivity contribution in [3.8, 4) is 11.5 Å². The van der Waals surface area contributed by atoms with Gasteiger partial charge in [-0.3, -0.25) is 0 Å². The summed E-state index contributed by atoms with van der Waals surface area (Å²) in [5.74, 6) is 2.50. The van der Waals surface area contributed by atoms with E-state index < -0.39 is 0 Å². The Labute approximate surface area is 232 Å². The molecule has 7 rings (SSSR count). The highest BCUT2D eigenvalue weighted by molar-refractivity contribution is 5.59. The third-order valence-corrected chi connectivity index (χ3v) is 10.1. The van der Waals surface area contributed by atoms with E-state index in [4.69, 9.17) is 18.9 Å². The van der Waals surface area contributed by atoms with Gasteiger partial charge in [-0.2, -0.15) is 0 Å². The van der Waals surface area contributed by atoms with E-state index >= 15 is 0 Å². The van der Waals surface area contributed by atoms with Crippen LogP contribution in [-0.2, 0) is 27.9 Å². The van der Waals surface area contributed by atoms with Crippen molar-refractivity contribution in [2.45, 2.75) is 69.5 Å². The molecule has 1 saturated carbocycles. The summed E-state index contributed by atoms with van der Waals surface area (Å²) in [4.78, 5) is 2.53. The van der Waals surface area contributed by atoms with Gasteiger partial charge in [-0.1, -0.05) is 66.7 Å². The minimum atomic E-state index is -0.0900. The second kappa shape index (κ2) is 9.96. The number of hydrogen-bond donors (Lipinski definition) is 0. The van der Waals surface area contributed by atoms with Crippen LogP contribution in [0.25, 0.3) is 0 Å². The van der Waals surface area contributed by atoms with Gasteiger partial charge in [0.15, 0.2) is 11.5 Å². The molecule has 0 aromatic heterocycles. The molecule has 7 atom stereocenters. The SMILES string of the molecule is Cc1ccc(OCc2ccccc2)c2c1C13CCN(C)C(C)C1C[C@@H]1C(Cc4ccccc4)OCOC1[C@@H]3O2. The molecule has 2 saturated heterocycles. The first-order valence-electron chi connectivity index (χ1n) is 14.5. The number of hydrogen-bond acceptors (Lipinski definition) is 5. The molecule has 5 heteroatoms. The molecule has 0 amide bonds. The highest BCUT2D eigenvalue weighted by atomic mass is 16.7. The van der Waals surface area contributed by atoms with Crippen LogP contribution >= 0.6 is 0 Å². The molecule has 3 aromatic carbocycles. The summed E-state index contributed by atoms with van der Waals surface area (Å²) in [5.41, 5.74) is 5.04. The van der Waals surface area contributed by atoms with E-state index in [-0.39, 0.29) is 29.6 Å². The van der Waals surface area contributed by atoms with Crippen LogP contribution in [0.5, 0.6) is 11.5 Å². The molecule has 3 fully saturated rings. The van der Waals surface area contributed by atoms with Crippen LogP contribution in [0.3, 0.4) is 0 Å². The number of fused-ring (bicyclic) bond motifs is 3. The summed E-state index contributed by atoms with van der Waals surface area (Å²) in [5, 5.41) is 0. The van der Waals surface area contributed by atoms with Gasteiger partial charge in [0.25, 0.3) is 0 Å². The Morgan fingerprint density at radius 2 is 1.69 bits per heavy atom. The second-order valence-electron chi connectivity index (χ2n) is 12.1. The predicted octanol–water partition coefficient (Wildman–Crippen LogP) is 5.92. The summed E-state index contributed by atoms with van der Waals surface area (Å²) in [6, 6.07) is 25.9. The quantitative estimate of drug-likeness (QED) is 0.414. The molecular weight excluding hydrogens is 486 g/mol. The molecule has 0 N–H and O–H groups in total. The lowest BCUT2D eigenvalue weighted by Crippen LogP contribution is -2.68. The highest BCUT2D eigenvalue weighted by Gasteiger charge is 2.66. The molecule has 3 heterocycles. The van der Waals surface area contributed by atoms with Crippen LogP contribution < -0.4 is 9.47 Å². The lowest BCUT2D eigenvalue weighted by atomic mass is 9.52. The molecule has 3 aliphatic heterocycles. The maximum absolute atomic E-state index is 7.10. The zero-order valence-electron chi connectivity index (χ0n) is 23.2. The van der Waals surface area contributed by atoms with Crippen molar-refractivity contribution in [1.82, 2.24) is 4.90 Å². The van der Waals surface area contributed by atoms with Gasteiger partial charge in [-0.15, -0.1) is 0 Å². The van der Waals surface area contributed by atoms with Gasteiger partial charge in [-0.25, -0.2) is 0 Å². The fourth-order valence-corrected chi connectivity index (χ4v) is 8.11. The Kier molecular flexibility index (Phi) is 6.42. The van der Waals surface area contributed by atoms with Crippen LogP contribution in [0, 0.1) is 18.8 Å². The van der Waals surface area contributed by atoms with Gasteiger partial charge in [0.1, 0.15) is 25.6 Å². The molecule has 0 bridgehead atoms. The largest absolute Gasteiger partial charge is 0.485 e. The van der Waals surface area contributed by atoms with Crippen LogP contribution in [0.2, 0.25) is 0 Å². The first-order chi connectivity index (χ1) is 19.1. The van der Waals surface area contributed by atoms with Crippen LogP contribution in [-0.4, -0.2) is 49.6 Å². The van der Waals surface area contributed by atoms with Gasteiger partial charge in [0.05, 0.1) is 6.10 Å². The zero-order valence-corrected chi connectivity index (χ0v) is 23.2. The Morgan fingerprint density at radius 3 is 2.46 bits per heavy atom. The predicted molar refractivity (Wildman–Crippen MR) is 151 cm³/mol. The summed E-state index contributed by atoms with van der Waals surface area (Å²) < 4.78 is 26.4. The fraction of sp³-hybridized carbons (Fsp3) is 0.471. The van der Waals surface area contributed by atoms with Crippen LogP contribution in [0.4, 0.5) is 0 Å². The van der Waals surface area contributed by atoms with Crippen LogP contribution in [0.15, 0.2) is 72.8 Å². The zero-order chi connectivity index (χ0) is 26.6. The maximum atomic E-state index is 7.10. The molecule has 5 nitrogen and oxygen atoms in total. The minimum Gasteiger partial charge on any atom is -0.485 e. The van der Waals surface area contributed by atoms with Gasteiger partial charge < -0.3 is 23.8 Å². The van der Waals surface area contributed by atoms with Crippen molar-refractivity contribution in [2.75, 3.05) is 20.4 Å². The van der Waals surface area contributed by atoms with Crippen LogP contribution in [0.1, 0.15) is 42.0 Å². The lowest BCUT2D eigenvalue weighted by molar-refractivity contribution is -0.259. The summed E-state index contributed by atoms with van der Waals surface area (Å²) in [6.45, 7) is 6.54. The Bertz CT molecular complexity index is 1310. The summed E-state index contributed by atoms with van der Waals surface area (Å²) in [6.07, 6.45) is 3.10. The molecular formula is C34H39NO4. The summed E-state index contributed by atoms with van der Waals surface area (Å²) in [7, 11) is 2.27. The number of ether oxygens (including phenoxy) is 4. The van der Waals surface area contributed by atoms with Gasteiger partial charge in [0.2, 0.25) is 0 Å². The monoisotopic (exact) mass is 525 g/mol. The van der Waals surface area contributed by atoms with E-state index in [0.717, 1.165) is 42.9 Å². The van der Waals surface area contributed by atoms with Crippen molar-refractivity contribution in [2.24, 2.45) is 11.8 Å². The number of rotatable bonds is 5. The van der Waals surface area contributed by atoms with Crippen molar-refractivity contribution in [1.29, 1.82) is 0 Å². The smallest absolute Gasteiger partial charge is 0.165 e. The third-order valence-electron chi connectivity index (χ3n) is 10.1. The average Bonchev–Trinajstić information content (AvgIpc) is 3.32. The Morgan fingerprint density at radius 1 is 0.949 bits per heavy atom. The lowest BCUT2D eigenvalue weighted by Gasteiger charge is -2.59. The van der Waals surface area contributed by atoms with E-state index in [9.17, 15) is 0 Å². The molecule has 5 unspecified atom stereocenters. The molecule has 1 spiro atoms. The molecule has 4 aliphatic rings. The van der Waals surface area contributed by atoms with E-state index in [1.54, 1.807) is 0 Å². The topological polar surface area (TPSA) is 40.2 Å².